The Morgan fingerprint density at radius 1 is 1.25 bits per heavy atom. The third kappa shape index (κ3) is 3.09. The predicted octanol–water partition coefficient (Wildman–Crippen LogP) is 3.10. The Balaban J connectivity index is 2.17. The van der Waals surface area contributed by atoms with Gasteiger partial charge < -0.3 is 14.5 Å². The van der Waals surface area contributed by atoms with Crippen LogP contribution in [0.4, 0.5) is 5.69 Å². The molecule has 0 aliphatic carbocycles. The standard InChI is InChI=1S/C17H28N2O/c1-6-14-11-13(2)16(12-17(14)20-5)19-9-7-15(8-10-19)18(3)4/h11-12,15H,6-10H2,1-5H3. The van der Waals surface area contributed by atoms with Crippen molar-refractivity contribution < 1.29 is 4.74 Å². The Labute approximate surface area is 123 Å². The SMILES string of the molecule is CCc1cc(C)c(N2CCC(N(C)C)CC2)cc1OC. The minimum atomic E-state index is 0.725. The molecule has 0 unspecified atom stereocenters. The second kappa shape index (κ2) is 6.49. The zero-order valence-corrected chi connectivity index (χ0v) is 13.6. The summed E-state index contributed by atoms with van der Waals surface area (Å²) in [5.41, 5.74) is 4.01. The topological polar surface area (TPSA) is 15.7 Å². The molecule has 0 bridgehead atoms. The molecule has 112 valence electrons. The van der Waals surface area contributed by atoms with Crippen molar-refractivity contribution >= 4 is 5.69 Å². The first-order valence-electron chi connectivity index (χ1n) is 7.65. The van der Waals surface area contributed by atoms with Crippen LogP contribution in [0.5, 0.6) is 5.75 Å². The van der Waals surface area contributed by atoms with Crippen LogP contribution in [0.25, 0.3) is 0 Å². The van der Waals surface area contributed by atoms with Crippen LogP contribution in [0.3, 0.4) is 0 Å². The molecule has 0 spiro atoms. The van der Waals surface area contributed by atoms with Crippen molar-refractivity contribution in [3.8, 4) is 5.75 Å². The third-order valence-electron chi connectivity index (χ3n) is 4.52. The maximum absolute atomic E-state index is 5.55. The van der Waals surface area contributed by atoms with Crippen LogP contribution in [-0.4, -0.2) is 45.2 Å². The van der Waals surface area contributed by atoms with Gasteiger partial charge in [-0.1, -0.05) is 13.0 Å². The molecule has 1 heterocycles. The lowest BCUT2D eigenvalue weighted by Gasteiger charge is -2.37. The molecule has 1 aliphatic rings. The number of anilines is 1. The summed E-state index contributed by atoms with van der Waals surface area (Å²) >= 11 is 0. The van der Waals surface area contributed by atoms with Crippen molar-refractivity contribution in [1.82, 2.24) is 4.90 Å². The minimum Gasteiger partial charge on any atom is -0.496 e. The van der Waals surface area contributed by atoms with Gasteiger partial charge in [0.1, 0.15) is 5.75 Å². The van der Waals surface area contributed by atoms with Gasteiger partial charge in [0.2, 0.25) is 0 Å². The van der Waals surface area contributed by atoms with Crippen LogP contribution < -0.4 is 9.64 Å². The van der Waals surface area contributed by atoms with Crippen LogP contribution in [0.1, 0.15) is 30.9 Å². The van der Waals surface area contributed by atoms with Gasteiger partial charge in [-0.25, -0.2) is 0 Å². The molecule has 1 aromatic rings. The Bertz CT molecular complexity index is 449. The first kappa shape index (κ1) is 15.2. The molecule has 2 rings (SSSR count). The van der Waals surface area contributed by atoms with Gasteiger partial charge in [-0.3, -0.25) is 0 Å². The molecule has 0 aromatic heterocycles. The molecule has 0 saturated carbocycles. The molecular weight excluding hydrogens is 248 g/mol. The molecule has 3 heteroatoms. The molecule has 1 saturated heterocycles. The molecule has 0 amide bonds. The second-order valence-electron chi connectivity index (χ2n) is 5.99. The number of methoxy groups -OCH3 is 1. The smallest absolute Gasteiger partial charge is 0.124 e. The maximum Gasteiger partial charge on any atom is 0.124 e. The van der Waals surface area contributed by atoms with E-state index in [0.717, 1.165) is 31.3 Å². The largest absolute Gasteiger partial charge is 0.496 e. The average Bonchev–Trinajstić information content (AvgIpc) is 2.47. The van der Waals surface area contributed by atoms with Crippen molar-refractivity contribution in [3.63, 3.8) is 0 Å². The van der Waals surface area contributed by atoms with Gasteiger partial charge >= 0.3 is 0 Å². The lowest BCUT2D eigenvalue weighted by molar-refractivity contribution is 0.249. The fourth-order valence-electron chi connectivity index (χ4n) is 3.17. The van der Waals surface area contributed by atoms with Crippen LogP contribution in [0.15, 0.2) is 12.1 Å². The van der Waals surface area contributed by atoms with Crippen LogP contribution in [-0.2, 0) is 6.42 Å². The van der Waals surface area contributed by atoms with E-state index in [-0.39, 0.29) is 0 Å². The number of hydrogen-bond donors (Lipinski definition) is 0. The van der Waals surface area contributed by atoms with Gasteiger partial charge in [-0.15, -0.1) is 0 Å². The highest BCUT2D eigenvalue weighted by atomic mass is 16.5. The zero-order chi connectivity index (χ0) is 14.7. The highest BCUT2D eigenvalue weighted by Crippen LogP contribution is 2.32. The first-order valence-corrected chi connectivity index (χ1v) is 7.65. The van der Waals surface area contributed by atoms with Crippen molar-refractivity contribution in [1.29, 1.82) is 0 Å². The number of aryl methyl sites for hydroxylation is 2. The highest BCUT2D eigenvalue weighted by molar-refractivity contribution is 5.59. The van der Waals surface area contributed by atoms with E-state index in [1.807, 2.05) is 0 Å². The van der Waals surface area contributed by atoms with Crippen molar-refractivity contribution in [3.05, 3.63) is 23.3 Å². The van der Waals surface area contributed by atoms with Gasteiger partial charge in [0.15, 0.2) is 0 Å². The van der Waals surface area contributed by atoms with Crippen molar-refractivity contribution in [2.75, 3.05) is 39.2 Å². The van der Waals surface area contributed by atoms with Gasteiger partial charge in [-0.2, -0.15) is 0 Å². The zero-order valence-electron chi connectivity index (χ0n) is 13.6. The van der Waals surface area contributed by atoms with Crippen LogP contribution in [0, 0.1) is 6.92 Å². The molecule has 1 fully saturated rings. The molecule has 3 nitrogen and oxygen atoms in total. The van der Waals surface area contributed by atoms with Crippen molar-refractivity contribution in [2.24, 2.45) is 0 Å². The van der Waals surface area contributed by atoms with Gasteiger partial charge in [0.25, 0.3) is 0 Å². The van der Waals surface area contributed by atoms with E-state index in [0.29, 0.717) is 0 Å². The third-order valence-corrected chi connectivity index (χ3v) is 4.52. The number of piperidine rings is 1. The van der Waals surface area contributed by atoms with Gasteiger partial charge in [0, 0.05) is 30.9 Å². The Morgan fingerprint density at radius 3 is 2.40 bits per heavy atom. The van der Waals surface area contributed by atoms with Gasteiger partial charge in [-0.05, 0) is 51.4 Å². The molecule has 1 aromatic carbocycles. The van der Waals surface area contributed by atoms with E-state index in [9.17, 15) is 0 Å². The van der Waals surface area contributed by atoms with Crippen LogP contribution >= 0.6 is 0 Å². The molecule has 0 radical (unpaired) electrons. The first-order chi connectivity index (χ1) is 9.56. The normalized spacial score (nSPS) is 16.8. The predicted molar refractivity (Wildman–Crippen MR) is 86.0 cm³/mol. The van der Waals surface area contributed by atoms with E-state index in [2.05, 4.69) is 49.9 Å². The number of nitrogens with zero attached hydrogens (tertiary/aromatic N) is 2. The molecule has 1 aliphatic heterocycles. The quantitative estimate of drug-likeness (QED) is 0.840. The lowest BCUT2D eigenvalue weighted by atomic mass is 10.0. The van der Waals surface area contributed by atoms with Crippen molar-refractivity contribution in [2.45, 2.75) is 39.2 Å². The summed E-state index contributed by atoms with van der Waals surface area (Å²) in [6.45, 7) is 6.67. The van der Waals surface area contributed by atoms with Gasteiger partial charge in [0.05, 0.1) is 7.11 Å². The Morgan fingerprint density at radius 2 is 1.90 bits per heavy atom. The summed E-state index contributed by atoms with van der Waals surface area (Å²) in [5, 5.41) is 0. The van der Waals surface area contributed by atoms with E-state index < -0.39 is 0 Å². The number of rotatable bonds is 4. The van der Waals surface area contributed by atoms with E-state index in [4.69, 9.17) is 4.74 Å². The number of ether oxygens (including phenoxy) is 1. The van der Waals surface area contributed by atoms with E-state index in [1.54, 1.807) is 7.11 Å². The fraction of sp³-hybridized carbons (Fsp3) is 0.647. The number of benzene rings is 1. The summed E-state index contributed by atoms with van der Waals surface area (Å²) in [6, 6.07) is 5.24. The Kier molecular flexibility index (Phi) is 4.92. The highest BCUT2D eigenvalue weighted by Gasteiger charge is 2.22. The monoisotopic (exact) mass is 276 g/mol. The maximum atomic E-state index is 5.55. The molecular formula is C17H28N2O. The summed E-state index contributed by atoms with van der Waals surface area (Å²) < 4.78 is 5.55. The molecule has 0 N–H and O–H groups in total. The average molecular weight is 276 g/mol. The fourth-order valence-corrected chi connectivity index (χ4v) is 3.17. The summed E-state index contributed by atoms with van der Waals surface area (Å²) in [7, 11) is 6.14. The van der Waals surface area contributed by atoms with Crippen LogP contribution in [0.2, 0.25) is 0 Å². The summed E-state index contributed by atoms with van der Waals surface area (Å²) in [5.74, 6) is 1.03. The number of hydrogen-bond acceptors (Lipinski definition) is 3. The summed E-state index contributed by atoms with van der Waals surface area (Å²) in [6.07, 6.45) is 3.50. The van der Waals surface area contributed by atoms with E-state index >= 15 is 0 Å². The minimum absolute atomic E-state index is 0.725. The molecule has 0 atom stereocenters. The second-order valence-corrected chi connectivity index (χ2v) is 5.99. The Hall–Kier alpha value is -1.22. The lowest BCUT2D eigenvalue weighted by Crippen LogP contribution is -2.42. The molecule has 20 heavy (non-hydrogen) atoms. The summed E-state index contributed by atoms with van der Waals surface area (Å²) in [4.78, 5) is 4.86. The van der Waals surface area contributed by atoms with E-state index in [1.165, 1.54) is 29.7 Å².